The summed E-state index contributed by atoms with van der Waals surface area (Å²) in [6, 6.07) is 9.51. The lowest BCUT2D eigenvalue weighted by Gasteiger charge is -2.17. The first kappa shape index (κ1) is 22.7. The molecule has 2 aromatic carbocycles. The van der Waals surface area contributed by atoms with Crippen molar-refractivity contribution in [3.05, 3.63) is 57.6 Å². The first-order chi connectivity index (χ1) is 15.2. The van der Waals surface area contributed by atoms with Crippen LogP contribution >= 0.6 is 0 Å². The molecule has 1 fully saturated rings. The number of methoxy groups -OCH3 is 1. The second-order valence-electron chi connectivity index (χ2n) is 7.47. The molecule has 0 aromatic heterocycles. The minimum atomic E-state index is -0.745. The zero-order chi connectivity index (χ0) is 23.4. The number of nitrogens with zero attached hydrogens (tertiary/aromatic N) is 2. The number of anilines is 2. The van der Waals surface area contributed by atoms with Gasteiger partial charge in [0.25, 0.3) is 11.6 Å². The maximum Gasteiger partial charge on any atom is 0.311 e. The smallest absolute Gasteiger partial charge is 0.311 e. The summed E-state index contributed by atoms with van der Waals surface area (Å²) >= 11 is 0. The topological polar surface area (TPSA) is 128 Å². The second kappa shape index (κ2) is 9.46. The fraction of sp³-hybridized carbons (Fsp3) is 0.318. The van der Waals surface area contributed by atoms with E-state index in [0.717, 1.165) is 11.1 Å². The number of hydrogen-bond donors (Lipinski definition) is 1. The van der Waals surface area contributed by atoms with E-state index in [1.165, 1.54) is 30.2 Å². The monoisotopic (exact) mass is 441 g/mol. The van der Waals surface area contributed by atoms with Gasteiger partial charge in [-0.05, 0) is 43.2 Å². The normalized spacial score (nSPS) is 15.4. The number of hydrogen-bond acceptors (Lipinski definition) is 7. The average Bonchev–Trinajstić information content (AvgIpc) is 3.15. The van der Waals surface area contributed by atoms with Gasteiger partial charge in [0, 0.05) is 30.8 Å². The van der Waals surface area contributed by atoms with Gasteiger partial charge in [0.2, 0.25) is 5.91 Å². The van der Waals surface area contributed by atoms with Crippen LogP contribution in [0.25, 0.3) is 0 Å². The summed E-state index contributed by atoms with van der Waals surface area (Å²) < 4.78 is 10.1. The van der Waals surface area contributed by atoms with Crippen molar-refractivity contribution >= 4 is 34.8 Å². The maximum atomic E-state index is 12.4. The van der Waals surface area contributed by atoms with Gasteiger partial charge in [0.1, 0.15) is 11.4 Å². The Morgan fingerprint density at radius 2 is 1.94 bits per heavy atom. The van der Waals surface area contributed by atoms with Gasteiger partial charge in [-0.15, -0.1) is 0 Å². The van der Waals surface area contributed by atoms with E-state index >= 15 is 0 Å². The molecule has 1 heterocycles. The minimum absolute atomic E-state index is 0.0191. The van der Waals surface area contributed by atoms with E-state index in [2.05, 4.69) is 5.32 Å². The van der Waals surface area contributed by atoms with Crippen molar-refractivity contribution in [2.75, 3.05) is 30.5 Å². The van der Waals surface area contributed by atoms with Crippen LogP contribution in [0.3, 0.4) is 0 Å². The Kier molecular flexibility index (Phi) is 6.72. The van der Waals surface area contributed by atoms with Crippen molar-refractivity contribution in [1.29, 1.82) is 0 Å². The summed E-state index contributed by atoms with van der Waals surface area (Å²) in [6.07, 6.45) is -0.0191. The number of nitro benzene ring substituents is 1. The third-order valence-electron chi connectivity index (χ3n) is 5.28. The van der Waals surface area contributed by atoms with Crippen LogP contribution in [0.15, 0.2) is 36.4 Å². The van der Waals surface area contributed by atoms with Gasteiger partial charge in [-0.3, -0.25) is 24.5 Å². The maximum absolute atomic E-state index is 12.4. The molecule has 0 aliphatic carbocycles. The number of carbonyl (C=O) groups excluding carboxylic acids is 3. The quantitative estimate of drug-likeness (QED) is 0.397. The van der Waals surface area contributed by atoms with E-state index in [1.54, 1.807) is 0 Å². The molecule has 1 aliphatic heterocycles. The lowest BCUT2D eigenvalue weighted by atomic mass is 10.1. The molecule has 32 heavy (non-hydrogen) atoms. The zero-order valence-corrected chi connectivity index (χ0v) is 17.9. The fourth-order valence-electron chi connectivity index (χ4n) is 3.35. The van der Waals surface area contributed by atoms with Gasteiger partial charge in [0.15, 0.2) is 6.61 Å². The van der Waals surface area contributed by atoms with Gasteiger partial charge < -0.3 is 19.7 Å². The van der Waals surface area contributed by atoms with Crippen molar-refractivity contribution < 1.29 is 28.8 Å². The molecule has 0 spiro atoms. The Bertz CT molecular complexity index is 1080. The van der Waals surface area contributed by atoms with E-state index in [4.69, 9.17) is 9.47 Å². The molecule has 0 saturated carbocycles. The summed E-state index contributed by atoms with van der Waals surface area (Å²) in [7, 11) is 1.39. The third-order valence-corrected chi connectivity index (χ3v) is 5.28. The summed E-state index contributed by atoms with van der Waals surface area (Å²) in [4.78, 5) is 49.0. The highest BCUT2D eigenvalue weighted by Crippen LogP contribution is 2.29. The molecule has 0 unspecified atom stereocenters. The number of benzene rings is 2. The van der Waals surface area contributed by atoms with E-state index < -0.39 is 29.3 Å². The molecule has 2 aromatic rings. The molecule has 0 bridgehead atoms. The van der Waals surface area contributed by atoms with Gasteiger partial charge in [-0.1, -0.05) is 6.07 Å². The highest BCUT2D eigenvalue weighted by molar-refractivity contribution is 6.00. The number of ether oxygens (including phenoxy) is 2. The van der Waals surface area contributed by atoms with Gasteiger partial charge in [0.05, 0.1) is 18.0 Å². The van der Waals surface area contributed by atoms with Crippen LogP contribution in [-0.4, -0.2) is 43.0 Å². The third kappa shape index (κ3) is 5.02. The van der Waals surface area contributed by atoms with E-state index in [1.807, 2.05) is 32.0 Å². The van der Waals surface area contributed by atoms with Crippen molar-refractivity contribution in [1.82, 2.24) is 0 Å². The number of rotatable bonds is 7. The Hall–Kier alpha value is -3.95. The van der Waals surface area contributed by atoms with Gasteiger partial charge in [-0.2, -0.15) is 0 Å². The largest absolute Gasteiger partial charge is 0.497 e. The van der Waals surface area contributed by atoms with Gasteiger partial charge in [-0.25, -0.2) is 0 Å². The fourth-order valence-corrected chi connectivity index (χ4v) is 3.35. The van der Waals surface area contributed by atoms with E-state index in [0.29, 0.717) is 11.4 Å². The Labute approximate surface area is 184 Å². The Morgan fingerprint density at radius 3 is 2.59 bits per heavy atom. The second-order valence-corrected chi connectivity index (χ2v) is 7.47. The van der Waals surface area contributed by atoms with Crippen LogP contribution in [0.2, 0.25) is 0 Å². The molecule has 2 amide bonds. The van der Waals surface area contributed by atoms with Crippen molar-refractivity contribution in [2.45, 2.75) is 20.3 Å². The number of nitrogens with one attached hydrogen (secondary N) is 1. The zero-order valence-electron chi connectivity index (χ0n) is 17.9. The molecule has 1 atom stereocenters. The van der Waals surface area contributed by atoms with Crippen LogP contribution < -0.4 is 15.0 Å². The van der Waals surface area contributed by atoms with E-state index in [-0.39, 0.29) is 30.2 Å². The van der Waals surface area contributed by atoms with Crippen molar-refractivity contribution in [3.63, 3.8) is 0 Å². The predicted octanol–water partition coefficient (Wildman–Crippen LogP) is 2.76. The van der Waals surface area contributed by atoms with Crippen LogP contribution in [0.5, 0.6) is 5.75 Å². The minimum Gasteiger partial charge on any atom is -0.497 e. The SMILES string of the molecule is COc1ccc([N+](=O)[O-])c(NC(=O)COC(=O)[C@@H]2CC(=O)N(c3ccc(C)c(C)c3)C2)c1. The standard InChI is InChI=1S/C22H23N3O7/c1-13-4-5-16(8-14(13)2)24-11-15(9-21(24)27)22(28)32-12-20(26)23-18-10-17(31-3)6-7-19(18)25(29)30/h4-8,10,15H,9,11-12H2,1-3H3,(H,23,26)/t15-/m1/s1. The van der Waals surface area contributed by atoms with Gasteiger partial charge >= 0.3 is 5.97 Å². The van der Waals surface area contributed by atoms with Crippen molar-refractivity contribution in [3.8, 4) is 5.75 Å². The molecular formula is C22H23N3O7. The highest BCUT2D eigenvalue weighted by Gasteiger charge is 2.36. The highest BCUT2D eigenvalue weighted by atomic mass is 16.6. The molecule has 1 N–H and O–H groups in total. The molecule has 1 aliphatic rings. The summed E-state index contributed by atoms with van der Waals surface area (Å²) in [5.41, 5.74) is 2.43. The first-order valence-corrected chi connectivity index (χ1v) is 9.86. The van der Waals surface area contributed by atoms with Crippen molar-refractivity contribution in [2.24, 2.45) is 5.92 Å². The average molecular weight is 441 g/mol. The molecule has 3 rings (SSSR count). The Morgan fingerprint density at radius 1 is 1.19 bits per heavy atom. The molecular weight excluding hydrogens is 418 g/mol. The molecule has 10 heteroatoms. The number of amides is 2. The van der Waals surface area contributed by atoms with E-state index in [9.17, 15) is 24.5 Å². The van der Waals surface area contributed by atoms with Crippen LogP contribution in [-0.2, 0) is 19.1 Å². The van der Waals surface area contributed by atoms with Crippen LogP contribution in [0.4, 0.5) is 17.1 Å². The number of carbonyl (C=O) groups is 3. The number of aryl methyl sites for hydroxylation is 2. The first-order valence-electron chi connectivity index (χ1n) is 9.86. The molecule has 1 saturated heterocycles. The summed E-state index contributed by atoms with van der Waals surface area (Å²) in [5, 5.41) is 13.5. The lowest BCUT2D eigenvalue weighted by molar-refractivity contribution is -0.383. The van der Waals surface area contributed by atoms with Crippen LogP contribution in [0.1, 0.15) is 17.5 Å². The molecule has 168 valence electrons. The summed E-state index contributed by atoms with van der Waals surface area (Å²) in [6.45, 7) is 3.43. The molecule has 0 radical (unpaired) electrons. The number of esters is 1. The predicted molar refractivity (Wildman–Crippen MR) is 116 cm³/mol. The van der Waals surface area contributed by atoms with Crippen LogP contribution in [0, 0.1) is 29.9 Å². The summed E-state index contributed by atoms with van der Waals surface area (Å²) in [5.74, 6) is -2.02. The number of nitro groups is 1. The molecule has 10 nitrogen and oxygen atoms in total. The lowest BCUT2D eigenvalue weighted by Crippen LogP contribution is -2.28. The Balaban J connectivity index is 1.59.